The first kappa shape index (κ1) is 13.8. The summed E-state index contributed by atoms with van der Waals surface area (Å²) in [6.45, 7) is 4.55. The smallest absolute Gasteiger partial charge is 0.227 e. The van der Waals surface area contributed by atoms with Gasteiger partial charge >= 0.3 is 0 Å². The van der Waals surface area contributed by atoms with Crippen LogP contribution in [0.15, 0.2) is 18.2 Å². The van der Waals surface area contributed by atoms with Crippen LogP contribution in [0.3, 0.4) is 0 Å². The quantitative estimate of drug-likeness (QED) is 0.852. The van der Waals surface area contributed by atoms with E-state index >= 15 is 0 Å². The van der Waals surface area contributed by atoms with Crippen molar-refractivity contribution in [1.29, 1.82) is 0 Å². The molecule has 1 fully saturated rings. The molecule has 0 aromatic carbocycles. The maximum Gasteiger partial charge on any atom is 0.227 e. The molecule has 2 rings (SSSR count). The number of nitrogens with one attached hydrogen (secondary N) is 2. The molecule has 1 atom stereocenters. The van der Waals surface area contributed by atoms with Gasteiger partial charge in [-0.3, -0.25) is 9.69 Å². The molecule has 0 radical (unpaired) electrons. The number of amides is 1. The van der Waals surface area contributed by atoms with E-state index in [1.54, 1.807) is 7.05 Å². The number of rotatable bonds is 4. The lowest BCUT2D eigenvalue weighted by molar-refractivity contribution is -0.129. The molecule has 1 amide bonds. The summed E-state index contributed by atoms with van der Waals surface area (Å²) in [6, 6.07) is 5.97. The molecule has 5 nitrogen and oxygen atoms in total. The van der Waals surface area contributed by atoms with E-state index in [2.05, 4.69) is 20.5 Å². The maximum absolute atomic E-state index is 11.9. The number of likely N-dealkylation sites (tertiary alicyclic amines) is 1. The molecule has 1 aliphatic rings. The molecule has 1 aliphatic heterocycles. The van der Waals surface area contributed by atoms with Crippen LogP contribution < -0.4 is 10.6 Å². The molecular formula is C14H22N4O. The molecule has 5 heteroatoms. The number of hydrogen-bond acceptors (Lipinski definition) is 4. The van der Waals surface area contributed by atoms with Crippen molar-refractivity contribution >= 4 is 11.7 Å². The van der Waals surface area contributed by atoms with Crippen LogP contribution in [-0.2, 0) is 11.3 Å². The fourth-order valence-corrected chi connectivity index (χ4v) is 2.61. The van der Waals surface area contributed by atoms with Gasteiger partial charge in [0.25, 0.3) is 0 Å². The fourth-order valence-electron chi connectivity index (χ4n) is 2.61. The van der Waals surface area contributed by atoms with Crippen LogP contribution in [0.5, 0.6) is 0 Å². The molecule has 0 bridgehead atoms. The lowest BCUT2D eigenvalue weighted by Crippen LogP contribution is -2.39. The van der Waals surface area contributed by atoms with E-state index in [9.17, 15) is 4.79 Å². The molecule has 1 saturated heterocycles. The van der Waals surface area contributed by atoms with Gasteiger partial charge in [-0.2, -0.15) is 0 Å². The highest BCUT2D eigenvalue weighted by atomic mass is 16.2. The number of carbonyl (C=O) groups is 1. The van der Waals surface area contributed by atoms with Crippen molar-refractivity contribution in [3.05, 3.63) is 23.9 Å². The van der Waals surface area contributed by atoms with Crippen LogP contribution in [-0.4, -0.2) is 43.0 Å². The summed E-state index contributed by atoms with van der Waals surface area (Å²) in [5.74, 6) is 1.01. The van der Waals surface area contributed by atoms with Gasteiger partial charge in [-0.25, -0.2) is 4.98 Å². The van der Waals surface area contributed by atoms with Crippen molar-refractivity contribution in [2.24, 2.45) is 5.41 Å². The zero-order valence-corrected chi connectivity index (χ0v) is 11.9. The number of hydrogen-bond donors (Lipinski definition) is 2. The monoisotopic (exact) mass is 262 g/mol. The third kappa shape index (κ3) is 3.04. The van der Waals surface area contributed by atoms with Crippen molar-refractivity contribution in [3.63, 3.8) is 0 Å². The third-order valence-corrected chi connectivity index (χ3v) is 3.78. The minimum atomic E-state index is -0.268. The van der Waals surface area contributed by atoms with Crippen LogP contribution in [0.25, 0.3) is 0 Å². The molecule has 2 N–H and O–H groups in total. The van der Waals surface area contributed by atoms with Gasteiger partial charge in [-0.05, 0) is 32.0 Å². The van der Waals surface area contributed by atoms with Crippen molar-refractivity contribution in [1.82, 2.24) is 15.2 Å². The Bertz CT molecular complexity index is 463. The van der Waals surface area contributed by atoms with Crippen molar-refractivity contribution in [2.75, 3.05) is 32.5 Å². The average molecular weight is 262 g/mol. The van der Waals surface area contributed by atoms with Crippen LogP contribution in [0.4, 0.5) is 5.82 Å². The third-order valence-electron chi connectivity index (χ3n) is 3.78. The van der Waals surface area contributed by atoms with Gasteiger partial charge in [0.05, 0.1) is 11.1 Å². The summed E-state index contributed by atoms with van der Waals surface area (Å²) in [5.41, 5.74) is 0.767. The molecular weight excluding hydrogens is 240 g/mol. The van der Waals surface area contributed by atoms with Crippen molar-refractivity contribution < 1.29 is 4.79 Å². The van der Waals surface area contributed by atoms with Gasteiger partial charge in [-0.15, -0.1) is 0 Å². The van der Waals surface area contributed by atoms with Gasteiger partial charge in [0.1, 0.15) is 5.82 Å². The Labute approximate surface area is 114 Å². The summed E-state index contributed by atoms with van der Waals surface area (Å²) in [7, 11) is 3.57. The summed E-state index contributed by atoms with van der Waals surface area (Å²) in [5, 5.41) is 5.80. The summed E-state index contributed by atoms with van der Waals surface area (Å²) in [4.78, 5) is 18.7. The molecule has 1 unspecified atom stereocenters. The molecule has 19 heavy (non-hydrogen) atoms. The van der Waals surface area contributed by atoms with Crippen molar-refractivity contribution in [3.8, 4) is 0 Å². The summed E-state index contributed by atoms with van der Waals surface area (Å²) in [6.07, 6.45) is 0.901. The second kappa shape index (κ2) is 5.57. The van der Waals surface area contributed by atoms with Crippen LogP contribution in [0.2, 0.25) is 0 Å². The molecule has 0 aliphatic carbocycles. The second-order valence-electron chi connectivity index (χ2n) is 5.36. The molecule has 0 saturated carbocycles. The Morgan fingerprint density at radius 2 is 2.26 bits per heavy atom. The average Bonchev–Trinajstić information content (AvgIpc) is 2.80. The lowest BCUT2D eigenvalue weighted by Gasteiger charge is -2.22. The number of anilines is 1. The van der Waals surface area contributed by atoms with Gasteiger partial charge in [0.2, 0.25) is 5.91 Å². The minimum absolute atomic E-state index is 0.131. The van der Waals surface area contributed by atoms with Gasteiger partial charge in [0.15, 0.2) is 0 Å². The number of aromatic nitrogens is 1. The largest absolute Gasteiger partial charge is 0.373 e. The molecule has 0 spiro atoms. The predicted molar refractivity (Wildman–Crippen MR) is 75.9 cm³/mol. The highest BCUT2D eigenvalue weighted by molar-refractivity contribution is 5.82. The van der Waals surface area contributed by atoms with E-state index < -0.39 is 0 Å². The van der Waals surface area contributed by atoms with Gasteiger partial charge < -0.3 is 10.6 Å². The first-order valence-electron chi connectivity index (χ1n) is 6.65. The van der Waals surface area contributed by atoms with Crippen LogP contribution in [0, 0.1) is 5.41 Å². The van der Waals surface area contributed by atoms with Gasteiger partial charge in [-0.1, -0.05) is 6.07 Å². The van der Waals surface area contributed by atoms with E-state index in [1.165, 1.54) is 0 Å². The Hall–Kier alpha value is -1.62. The minimum Gasteiger partial charge on any atom is -0.373 e. The van der Waals surface area contributed by atoms with E-state index in [0.717, 1.165) is 37.6 Å². The molecule has 1 aromatic heterocycles. The maximum atomic E-state index is 11.9. The zero-order chi connectivity index (χ0) is 13.9. The highest BCUT2D eigenvalue weighted by Gasteiger charge is 2.39. The Morgan fingerprint density at radius 3 is 2.95 bits per heavy atom. The first-order valence-corrected chi connectivity index (χ1v) is 6.65. The predicted octanol–water partition coefficient (Wildman–Crippen LogP) is 1.08. The molecule has 1 aromatic rings. The van der Waals surface area contributed by atoms with E-state index in [4.69, 9.17) is 0 Å². The first-order chi connectivity index (χ1) is 9.07. The highest BCUT2D eigenvalue weighted by Crippen LogP contribution is 2.30. The normalized spacial score (nSPS) is 23.3. The standard InChI is InChI=1S/C14H22N4O/c1-14(13(19)16-3)7-8-18(10-14)9-11-5-4-6-12(15-2)17-11/h4-6H,7-10H2,1-3H3,(H,15,17)(H,16,19). The SMILES string of the molecule is CNC(=O)C1(C)CCN(Cc2cccc(NC)n2)C1. The van der Waals surface area contributed by atoms with Crippen LogP contribution >= 0.6 is 0 Å². The summed E-state index contributed by atoms with van der Waals surface area (Å²) >= 11 is 0. The number of carbonyl (C=O) groups excluding carboxylic acids is 1. The Morgan fingerprint density at radius 1 is 1.47 bits per heavy atom. The van der Waals surface area contributed by atoms with Crippen molar-refractivity contribution in [2.45, 2.75) is 19.9 Å². The Balaban J connectivity index is 2.00. The van der Waals surface area contributed by atoms with Gasteiger partial charge in [0, 0.05) is 27.2 Å². The second-order valence-corrected chi connectivity index (χ2v) is 5.36. The lowest BCUT2D eigenvalue weighted by atomic mass is 9.89. The summed E-state index contributed by atoms with van der Waals surface area (Å²) < 4.78 is 0. The number of pyridine rings is 1. The topological polar surface area (TPSA) is 57.3 Å². The fraction of sp³-hybridized carbons (Fsp3) is 0.571. The van der Waals surface area contributed by atoms with E-state index in [-0.39, 0.29) is 11.3 Å². The number of nitrogens with zero attached hydrogens (tertiary/aromatic N) is 2. The van der Waals surface area contributed by atoms with E-state index in [0.29, 0.717) is 0 Å². The van der Waals surface area contributed by atoms with Crippen LogP contribution in [0.1, 0.15) is 19.0 Å². The Kier molecular flexibility index (Phi) is 4.04. The zero-order valence-electron chi connectivity index (χ0n) is 11.9. The van der Waals surface area contributed by atoms with E-state index in [1.807, 2.05) is 32.2 Å². The molecule has 2 heterocycles. The molecule has 104 valence electrons.